The number of benzene rings is 1. The van der Waals surface area contributed by atoms with Crippen LogP contribution in [0.15, 0.2) is 30.3 Å². The summed E-state index contributed by atoms with van der Waals surface area (Å²) < 4.78 is 4.72. The van der Waals surface area contributed by atoms with E-state index in [1.165, 1.54) is 7.11 Å². The lowest BCUT2D eigenvalue weighted by molar-refractivity contribution is -0.144. The molecular formula is C15H22N2O3. The molecule has 0 bridgehead atoms. The highest BCUT2D eigenvalue weighted by Gasteiger charge is 2.26. The number of urea groups is 1. The monoisotopic (exact) mass is 278 g/mol. The summed E-state index contributed by atoms with van der Waals surface area (Å²) in [4.78, 5) is 23.5. The number of ether oxygens (including phenoxy) is 1. The normalized spacial score (nSPS) is 13.2. The maximum Gasteiger partial charge on any atom is 0.328 e. The molecule has 1 rings (SSSR count). The lowest BCUT2D eigenvalue weighted by atomic mass is 9.99. The molecule has 0 aliphatic heterocycles. The third kappa shape index (κ3) is 4.91. The first-order valence-corrected chi connectivity index (χ1v) is 6.74. The van der Waals surface area contributed by atoms with E-state index in [1.54, 1.807) is 0 Å². The van der Waals surface area contributed by atoms with Crippen LogP contribution in [0.5, 0.6) is 0 Å². The lowest BCUT2D eigenvalue weighted by Crippen LogP contribution is -2.49. The van der Waals surface area contributed by atoms with Crippen molar-refractivity contribution in [1.82, 2.24) is 10.6 Å². The van der Waals surface area contributed by atoms with Crippen molar-refractivity contribution in [2.24, 2.45) is 5.92 Å². The van der Waals surface area contributed by atoms with E-state index in [0.717, 1.165) is 12.0 Å². The van der Waals surface area contributed by atoms with Crippen LogP contribution in [0.3, 0.4) is 0 Å². The summed E-state index contributed by atoms with van der Waals surface area (Å²) in [7, 11) is 1.32. The Morgan fingerprint density at radius 3 is 2.45 bits per heavy atom. The van der Waals surface area contributed by atoms with E-state index < -0.39 is 12.0 Å². The Kier molecular flexibility index (Phi) is 6.56. The summed E-state index contributed by atoms with van der Waals surface area (Å²) in [5.74, 6) is -0.404. The van der Waals surface area contributed by atoms with Crippen molar-refractivity contribution in [2.45, 2.75) is 32.9 Å². The minimum absolute atomic E-state index is 0.0184. The molecule has 5 heteroatoms. The van der Waals surface area contributed by atoms with Crippen LogP contribution in [0.4, 0.5) is 4.79 Å². The summed E-state index contributed by atoms with van der Waals surface area (Å²) in [5, 5.41) is 5.39. The molecule has 0 fully saturated rings. The molecule has 2 atom stereocenters. The molecule has 5 nitrogen and oxygen atoms in total. The van der Waals surface area contributed by atoms with Crippen LogP contribution >= 0.6 is 0 Å². The Hall–Kier alpha value is -2.04. The Balaban J connectivity index is 2.51. The van der Waals surface area contributed by atoms with E-state index in [1.807, 2.05) is 44.2 Å². The largest absolute Gasteiger partial charge is 0.467 e. The van der Waals surface area contributed by atoms with Crippen molar-refractivity contribution in [3.05, 3.63) is 35.9 Å². The zero-order chi connectivity index (χ0) is 15.0. The number of carbonyl (C=O) groups excluding carboxylic acids is 2. The van der Waals surface area contributed by atoms with Gasteiger partial charge in [0.1, 0.15) is 6.04 Å². The van der Waals surface area contributed by atoms with E-state index >= 15 is 0 Å². The van der Waals surface area contributed by atoms with Crippen LogP contribution in [0.2, 0.25) is 0 Å². The molecule has 0 saturated heterocycles. The topological polar surface area (TPSA) is 67.4 Å². The maximum absolute atomic E-state index is 11.8. The number of hydrogen-bond donors (Lipinski definition) is 2. The number of nitrogens with one attached hydrogen (secondary N) is 2. The fourth-order valence-electron chi connectivity index (χ4n) is 1.77. The first-order chi connectivity index (χ1) is 9.58. The second kappa shape index (κ2) is 8.19. The van der Waals surface area contributed by atoms with Gasteiger partial charge in [-0.15, -0.1) is 0 Å². The van der Waals surface area contributed by atoms with Gasteiger partial charge in [-0.2, -0.15) is 0 Å². The molecule has 0 aliphatic carbocycles. The van der Waals surface area contributed by atoms with Gasteiger partial charge in [-0.25, -0.2) is 9.59 Å². The van der Waals surface area contributed by atoms with Crippen LogP contribution in [-0.2, 0) is 16.1 Å². The Morgan fingerprint density at radius 2 is 1.90 bits per heavy atom. The number of amides is 2. The smallest absolute Gasteiger partial charge is 0.328 e. The third-order valence-corrected chi connectivity index (χ3v) is 3.25. The van der Waals surface area contributed by atoms with Crippen molar-refractivity contribution in [3.8, 4) is 0 Å². The van der Waals surface area contributed by atoms with Crippen LogP contribution in [0.25, 0.3) is 0 Å². The fraction of sp³-hybridized carbons (Fsp3) is 0.467. The molecule has 2 amide bonds. The van der Waals surface area contributed by atoms with E-state index in [4.69, 9.17) is 4.74 Å². The summed E-state index contributed by atoms with van der Waals surface area (Å²) in [6, 6.07) is 8.58. The lowest BCUT2D eigenvalue weighted by Gasteiger charge is -2.22. The maximum atomic E-state index is 11.8. The van der Waals surface area contributed by atoms with Crippen molar-refractivity contribution in [3.63, 3.8) is 0 Å². The molecule has 0 spiro atoms. The van der Waals surface area contributed by atoms with Gasteiger partial charge in [-0.05, 0) is 11.5 Å². The Bertz CT molecular complexity index is 434. The summed E-state index contributed by atoms with van der Waals surface area (Å²) >= 11 is 0. The second-order valence-electron chi connectivity index (χ2n) is 4.70. The highest BCUT2D eigenvalue weighted by atomic mass is 16.5. The van der Waals surface area contributed by atoms with Crippen molar-refractivity contribution in [1.29, 1.82) is 0 Å². The van der Waals surface area contributed by atoms with Gasteiger partial charge in [0.25, 0.3) is 0 Å². The van der Waals surface area contributed by atoms with Gasteiger partial charge in [0.2, 0.25) is 0 Å². The van der Waals surface area contributed by atoms with Gasteiger partial charge in [0.05, 0.1) is 7.11 Å². The van der Waals surface area contributed by atoms with E-state index in [-0.39, 0.29) is 11.9 Å². The molecule has 2 N–H and O–H groups in total. The highest BCUT2D eigenvalue weighted by molar-refractivity contribution is 5.83. The van der Waals surface area contributed by atoms with Crippen molar-refractivity contribution >= 4 is 12.0 Å². The van der Waals surface area contributed by atoms with Crippen LogP contribution in [0.1, 0.15) is 25.8 Å². The van der Waals surface area contributed by atoms with E-state index in [0.29, 0.717) is 6.54 Å². The van der Waals surface area contributed by atoms with Crippen LogP contribution in [0, 0.1) is 5.92 Å². The first kappa shape index (κ1) is 16.0. The SMILES string of the molecule is CC[C@@H](C)[C@@H](NC(=O)NCc1ccccc1)C(=O)OC. The molecule has 0 heterocycles. The number of rotatable bonds is 6. The fourth-order valence-corrected chi connectivity index (χ4v) is 1.77. The van der Waals surface area contributed by atoms with Gasteiger partial charge < -0.3 is 15.4 Å². The molecule has 1 aromatic rings. The molecule has 0 saturated carbocycles. The summed E-state index contributed by atoms with van der Waals surface area (Å²) in [6.45, 7) is 4.28. The average Bonchev–Trinajstić information content (AvgIpc) is 2.50. The summed E-state index contributed by atoms with van der Waals surface area (Å²) in [5.41, 5.74) is 1.00. The molecule has 20 heavy (non-hydrogen) atoms. The minimum Gasteiger partial charge on any atom is -0.467 e. The molecular weight excluding hydrogens is 256 g/mol. The predicted molar refractivity (Wildman–Crippen MR) is 77.1 cm³/mol. The minimum atomic E-state index is -0.624. The molecule has 110 valence electrons. The molecule has 0 unspecified atom stereocenters. The second-order valence-corrected chi connectivity index (χ2v) is 4.70. The van der Waals surface area contributed by atoms with Gasteiger partial charge in [-0.3, -0.25) is 0 Å². The number of carbonyl (C=O) groups is 2. The number of esters is 1. The zero-order valence-corrected chi connectivity index (χ0v) is 12.2. The zero-order valence-electron chi connectivity index (χ0n) is 12.2. The quantitative estimate of drug-likeness (QED) is 0.783. The highest BCUT2D eigenvalue weighted by Crippen LogP contribution is 2.09. The average molecular weight is 278 g/mol. The van der Waals surface area contributed by atoms with E-state index in [9.17, 15) is 9.59 Å². The van der Waals surface area contributed by atoms with Gasteiger partial charge in [-0.1, -0.05) is 50.6 Å². The van der Waals surface area contributed by atoms with Gasteiger partial charge in [0.15, 0.2) is 0 Å². The summed E-state index contributed by atoms with van der Waals surface area (Å²) in [6.07, 6.45) is 0.777. The predicted octanol–water partition coefficient (Wildman–Crippen LogP) is 2.07. The molecule has 0 radical (unpaired) electrons. The van der Waals surface area contributed by atoms with E-state index in [2.05, 4.69) is 10.6 Å². The van der Waals surface area contributed by atoms with Crippen molar-refractivity contribution < 1.29 is 14.3 Å². The van der Waals surface area contributed by atoms with Crippen LogP contribution < -0.4 is 10.6 Å². The molecule has 0 aromatic heterocycles. The van der Waals surface area contributed by atoms with Crippen molar-refractivity contribution in [2.75, 3.05) is 7.11 Å². The molecule has 0 aliphatic rings. The Morgan fingerprint density at radius 1 is 1.25 bits per heavy atom. The van der Waals surface area contributed by atoms with Gasteiger partial charge in [0, 0.05) is 6.54 Å². The number of methoxy groups -OCH3 is 1. The van der Waals surface area contributed by atoms with Gasteiger partial charge >= 0.3 is 12.0 Å². The number of hydrogen-bond acceptors (Lipinski definition) is 3. The Labute approximate surface area is 119 Å². The standard InChI is InChI=1S/C15H22N2O3/c1-4-11(2)13(14(18)20-3)17-15(19)16-10-12-8-6-5-7-9-12/h5-9,11,13H,4,10H2,1-3H3,(H2,16,17,19)/t11-,13-/m1/s1. The van der Waals surface area contributed by atoms with Crippen LogP contribution in [-0.4, -0.2) is 25.2 Å². The first-order valence-electron chi connectivity index (χ1n) is 6.74. The third-order valence-electron chi connectivity index (χ3n) is 3.25. The molecule has 1 aromatic carbocycles.